The summed E-state index contributed by atoms with van der Waals surface area (Å²) in [5.41, 5.74) is 5.95. The molecule has 9 nitrogen and oxygen atoms in total. The van der Waals surface area contributed by atoms with Gasteiger partial charge in [-0.3, -0.25) is 9.59 Å². The lowest BCUT2D eigenvalue weighted by atomic mass is 10.0. The maximum atomic E-state index is 12.6. The molecule has 0 radical (unpaired) electrons. The molecule has 0 spiro atoms. The van der Waals surface area contributed by atoms with Crippen LogP contribution < -0.4 is 20.5 Å². The molecule has 4 rings (SSSR count). The van der Waals surface area contributed by atoms with Crippen molar-refractivity contribution in [2.75, 3.05) is 31.7 Å². The molecule has 2 aromatic rings. The highest BCUT2D eigenvalue weighted by Gasteiger charge is 2.25. The smallest absolute Gasteiger partial charge is 0.256 e. The van der Waals surface area contributed by atoms with Crippen LogP contribution in [0.25, 0.3) is 0 Å². The summed E-state index contributed by atoms with van der Waals surface area (Å²) >= 11 is 0. The molecule has 3 N–H and O–H groups in total. The molecule has 3 heterocycles. The third kappa shape index (κ3) is 4.46. The van der Waals surface area contributed by atoms with Gasteiger partial charge in [-0.2, -0.15) is 5.10 Å². The molecule has 0 saturated carbocycles. The molecule has 10 heteroatoms. The SMILES string of the molecule is Cl.NCCC(=O)N1CCC(n2nccc2NC(=O)c2ccc3c(c2)OCO3)CC1. The number of amides is 2. The number of piperidine rings is 1. The number of halogens is 1. The fourth-order valence-corrected chi connectivity index (χ4v) is 3.57. The van der Waals surface area contributed by atoms with Crippen molar-refractivity contribution in [3.05, 3.63) is 36.0 Å². The minimum absolute atomic E-state index is 0. The lowest BCUT2D eigenvalue weighted by Crippen LogP contribution is -2.40. The number of rotatable bonds is 5. The van der Waals surface area contributed by atoms with Gasteiger partial charge in [0.1, 0.15) is 5.82 Å². The largest absolute Gasteiger partial charge is 0.454 e. The summed E-state index contributed by atoms with van der Waals surface area (Å²) in [4.78, 5) is 26.5. The van der Waals surface area contributed by atoms with Crippen LogP contribution >= 0.6 is 12.4 Å². The molecular weight excluding hydrogens is 398 g/mol. The van der Waals surface area contributed by atoms with Crippen molar-refractivity contribution in [3.8, 4) is 11.5 Å². The van der Waals surface area contributed by atoms with E-state index in [-0.39, 0.29) is 37.1 Å². The van der Waals surface area contributed by atoms with Crippen LogP contribution in [0.2, 0.25) is 0 Å². The second-order valence-electron chi connectivity index (χ2n) is 6.83. The predicted molar refractivity (Wildman–Crippen MR) is 109 cm³/mol. The van der Waals surface area contributed by atoms with E-state index in [1.54, 1.807) is 30.5 Å². The van der Waals surface area contributed by atoms with Gasteiger partial charge in [0.15, 0.2) is 11.5 Å². The third-order valence-electron chi connectivity index (χ3n) is 5.07. The number of aromatic nitrogens is 2. The van der Waals surface area contributed by atoms with Gasteiger partial charge in [0.2, 0.25) is 12.7 Å². The molecule has 1 aromatic carbocycles. The van der Waals surface area contributed by atoms with Gasteiger partial charge in [0, 0.05) is 37.7 Å². The molecule has 2 aliphatic rings. The number of carbonyl (C=O) groups is 2. The van der Waals surface area contributed by atoms with E-state index in [4.69, 9.17) is 15.2 Å². The lowest BCUT2D eigenvalue weighted by Gasteiger charge is -2.32. The highest BCUT2D eigenvalue weighted by atomic mass is 35.5. The molecule has 0 bridgehead atoms. The minimum Gasteiger partial charge on any atom is -0.454 e. The normalized spacial score (nSPS) is 15.7. The van der Waals surface area contributed by atoms with Crippen LogP contribution in [0, 0.1) is 0 Å². The zero-order chi connectivity index (χ0) is 19.5. The van der Waals surface area contributed by atoms with Gasteiger partial charge in [0.25, 0.3) is 5.91 Å². The van der Waals surface area contributed by atoms with E-state index in [1.807, 2.05) is 9.58 Å². The zero-order valence-corrected chi connectivity index (χ0v) is 16.7. The van der Waals surface area contributed by atoms with Crippen LogP contribution in [0.15, 0.2) is 30.5 Å². The van der Waals surface area contributed by atoms with Crippen molar-refractivity contribution in [1.29, 1.82) is 0 Å². The number of fused-ring (bicyclic) bond motifs is 1. The lowest BCUT2D eigenvalue weighted by molar-refractivity contribution is -0.132. The number of likely N-dealkylation sites (tertiary alicyclic amines) is 1. The van der Waals surface area contributed by atoms with Crippen LogP contribution in [0.3, 0.4) is 0 Å². The first-order chi connectivity index (χ1) is 13.7. The Kier molecular flexibility index (Phi) is 6.60. The van der Waals surface area contributed by atoms with Crippen LogP contribution in [-0.4, -0.2) is 52.9 Å². The first-order valence-electron chi connectivity index (χ1n) is 9.38. The van der Waals surface area contributed by atoms with Crippen molar-refractivity contribution in [1.82, 2.24) is 14.7 Å². The van der Waals surface area contributed by atoms with E-state index in [0.29, 0.717) is 48.9 Å². The zero-order valence-electron chi connectivity index (χ0n) is 15.9. The Morgan fingerprint density at radius 2 is 1.93 bits per heavy atom. The fourth-order valence-electron chi connectivity index (χ4n) is 3.57. The van der Waals surface area contributed by atoms with Crippen LogP contribution in [0.5, 0.6) is 11.5 Å². The second-order valence-corrected chi connectivity index (χ2v) is 6.83. The summed E-state index contributed by atoms with van der Waals surface area (Å²) in [6.45, 7) is 1.87. The summed E-state index contributed by atoms with van der Waals surface area (Å²) < 4.78 is 12.4. The molecule has 29 heavy (non-hydrogen) atoms. The molecule has 1 aromatic heterocycles. The van der Waals surface area contributed by atoms with Gasteiger partial charge >= 0.3 is 0 Å². The molecule has 0 atom stereocenters. The Morgan fingerprint density at radius 1 is 1.17 bits per heavy atom. The Hall–Kier alpha value is -2.78. The van der Waals surface area contributed by atoms with E-state index < -0.39 is 0 Å². The average Bonchev–Trinajstić information content (AvgIpc) is 3.37. The van der Waals surface area contributed by atoms with Gasteiger partial charge in [-0.25, -0.2) is 4.68 Å². The summed E-state index contributed by atoms with van der Waals surface area (Å²) in [7, 11) is 0. The number of ether oxygens (including phenoxy) is 2. The van der Waals surface area contributed by atoms with Crippen molar-refractivity contribution < 1.29 is 19.1 Å². The Morgan fingerprint density at radius 3 is 2.69 bits per heavy atom. The molecular formula is C19H24ClN5O4. The van der Waals surface area contributed by atoms with Gasteiger partial charge in [-0.1, -0.05) is 0 Å². The van der Waals surface area contributed by atoms with Crippen molar-refractivity contribution in [3.63, 3.8) is 0 Å². The Balaban J connectivity index is 0.00000240. The molecule has 0 unspecified atom stereocenters. The number of carbonyl (C=O) groups excluding carboxylic acids is 2. The summed E-state index contributed by atoms with van der Waals surface area (Å²) in [5, 5.41) is 7.30. The Labute approximate surface area is 174 Å². The van der Waals surface area contributed by atoms with E-state index in [9.17, 15) is 9.59 Å². The van der Waals surface area contributed by atoms with E-state index in [1.165, 1.54) is 0 Å². The van der Waals surface area contributed by atoms with Crippen molar-refractivity contribution in [2.24, 2.45) is 5.73 Å². The van der Waals surface area contributed by atoms with Gasteiger partial charge in [-0.15, -0.1) is 12.4 Å². The van der Waals surface area contributed by atoms with E-state index in [2.05, 4.69) is 10.4 Å². The summed E-state index contributed by atoms with van der Waals surface area (Å²) in [5.74, 6) is 1.69. The number of nitrogens with one attached hydrogen (secondary N) is 1. The summed E-state index contributed by atoms with van der Waals surface area (Å²) in [6.07, 6.45) is 3.61. The van der Waals surface area contributed by atoms with Gasteiger partial charge in [0.05, 0.1) is 12.2 Å². The molecule has 1 fully saturated rings. The second kappa shape index (κ2) is 9.15. The van der Waals surface area contributed by atoms with Crippen LogP contribution in [0.1, 0.15) is 35.7 Å². The first-order valence-corrected chi connectivity index (χ1v) is 9.38. The highest BCUT2D eigenvalue weighted by Crippen LogP contribution is 2.33. The standard InChI is InChI=1S/C19H23N5O4.ClH/c20-7-3-18(25)23-9-5-14(6-10-23)24-17(4-8-21-24)22-19(26)13-1-2-15-16(11-13)28-12-27-15;/h1-2,4,8,11,14H,3,5-7,9-10,12,20H2,(H,22,26);1H. The summed E-state index contributed by atoms with van der Waals surface area (Å²) in [6, 6.07) is 6.99. The van der Waals surface area contributed by atoms with E-state index in [0.717, 1.165) is 12.8 Å². The van der Waals surface area contributed by atoms with Crippen molar-refractivity contribution >= 4 is 30.0 Å². The van der Waals surface area contributed by atoms with Gasteiger partial charge in [-0.05, 0) is 31.0 Å². The van der Waals surface area contributed by atoms with Crippen molar-refractivity contribution in [2.45, 2.75) is 25.3 Å². The maximum Gasteiger partial charge on any atom is 0.256 e. The molecule has 1 saturated heterocycles. The number of anilines is 1. The monoisotopic (exact) mass is 421 g/mol. The highest BCUT2D eigenvalue weighted by molar-refractivity contribution is 6.04. The van der Waals surface area contributed by atoms with Crippen LogP contribution in [0.4, 0.5) is 5.82 Å². The maximum absolute atomic E-state index is 12.6. The molecule has 2 amide bonds. The number of hydrogen-bond acceptors (Lipinski definition) is 6. The first kappa shape index (κ1) is 20.9. The number of benzene rings is 1. The average molecular weight is 422 g/mol. The number of nitrogens with two attached hydrogens (primary N) is 1. The van der Waals surface area contributed by atoms with E-state index >= 15 is 0 Å². The van der Waals surface area contributed by atoms with Gasteiger partial charge < -0.3 is 25.4 Å². The topological polar surface area (TPSA) is 112 Å². The number of nitrogens with zero attached hydrogens (tertiary/aromatic N) is 3. The quantitative estimate of drug-likeness (QED) is 0.761. The predicted octanol–water partition coefficient (Wildman–Crippen LogP) is 1.80. The molecule has 2 aliphatic heterocycles. The number of hydrogen-bond donors (Lipinski definition) is 2. The van der Waals surface area contributed by atoms with Crippen LogP contribution in [-0.2, 0) is 4.79 Å². The fraction of sp³-hybridized carbons (Fsp3) is 0.421. The Bertz CT molecular complexity index is 879. The third-order valence-corrected chi connectivity index (χ3v) is 5.07. The minimum atomic E-state index is -0.240. The molecule has 0 aliphatic carbocycles. The molecule has 156 valence electrons.